The van der Waals surface area contributed by atoms with Gasteiger partial charge in [-0.15, -0.1) is 24.0 Å². The molecule has 0 amide bonds. The van der Waals surface area contributed by atoms with E-state index >= 15 is 0 Å². The maximum atomic E-state index is 12.3. The van der Waals surface area contributed by atoms with E-state index < -0.39 is 12.8 Å². The fourth-order valence-corrected chi connectivity index (χ4v) is 4.00. The molecule has 28 heavy (non-hydrogen) atoms. The number of methoxy groups -OCH3 is 1. The van der Waals surface area contributed by atoms with Crippen LogP contribution in [-0.4, -0.2) is 49.9 Å². The predicted molar refractivity (Wildman–Crippen MR) is 118 cm³/mol. The van der Waals surface area contributed by atoms with Gasteiger partial charge in [-0.05, 0) is 43.2 Å². The topological polar surface area (TPSA) is 54.9 Å². The number of alkyl halides is 3. The second kappa shape index (κ2) is 11.2. The summed E-state index contributed by atoms with van der Waals surface area (Å²) in [6.45, 7) is 2.17. The Morgan fingerprint density at radius 1 is 1.29 bits per heavy atom. The molecule has 160 valence electrons. The molecule has 1 aliphatic heterocycles. The van der Waals surface area contributed by atoms with Crippen LogP contribution in [0.5, 0.6) is 11.5 Å². The highest BCUT2D eigenvalue weighted by atomic mass is 127. The van der Waals surface area contributed by atoms with E-state index in [0.29, 0.717) is 12.5 Å². The first-order valence-electron chi connectivity index (χ1n) is 8.70. The Morgan fingerprint density at radius 2 is 2.04 bits per heavy atom. The van der Waals surface area contributed by atoms with Crippen molar-refractivity contribution >= 4 is 41.7 Å². The standard InChI is InChI=1S/C18H26F3N3O2S.HI/c1-17(7-4-8-27-17)11-24-16(22-2)23-10-13-5-6-14(15(9-13)25-3)26-12-18(19,20)21;/h5-6,9H,4,7-8,10-12H2,1-3H3,(H2,22,23,24);1H. The number of aliphatic imine (C=N–C) groups is 1. The van der Waals surface area contributed by atoms with Crippen molar-refractivity contribution in [2.45, 2.75) is 37.2 Å². The fourth-order valence-electron chi connectivity index (χ4n) is 2.75. The van der Waals surface area contributed by atoms with Gasteiger partial charge in [-0.25, -0.2) is 0 Å². The van der Waals surface area contributed by atoms with Crippen molar-refractivity contribution in [1.29, 1.82) is 0 Å². The van der Waals surface area contributed by atoms with E-state index in [1.807, 2.05) is 11.8 Å². The summed E-state index contributed by atoms with van der Waals surface area (Å²) in [5.41, 5.74) is 0.843. The molecule has 1 unspecified atom stereocenters. The Balaban J connectivity index is 0.00000392. The number of thioether (sulfide) groups is 1. The van der Waals surface area contributed by atoms with Crippen LogP contribution in [-0.2, 0) is 6.54 Å². The highest BCUT2D eigenvalue weighted by Crippen LogP contribution is 2.37. The third kappa shape index (κ3) is 8.14. The number of halogens is 4. The van der Waals surface area contributed by atoms with Gasteiger partial charge in [0, 0.05) is 24.9 Å². The maximum Gasteiger partial charge on any atom is 0.422 e. The van der Waals surface area contributed by atoms with Crippen molar-refractivity contribution < 1.29 is 22.6 Å². The minimum Gasteiger partial charge on any atom is -0.493 e. The van der Waals surface area contributed by atoms with E-state index in [-0.39, 0.29) is 40.2 Å². The molecule has 0 spiro atoms. The number of guanidine groups is 1. The van der Waals surface area contributed by atoms with Gasteiger partial charge >= 0.3 is 6.18 Å². The summed E-state index contributed by atoms with van der Waals surface area (Å²) in [5, 5.41) is 6.54. The number of nitrogens with one attached hydrogen (secondary N) is 2. The number of hydrogen-bond acceptors (Lipinski definition) is 4. The summed E-state index contributed by atoms with van der Waals surface area (Å²) in [6.07, 6.45) is -1.98. The molecule has 2 N–H and O–H groups in total. The van der Waals surface area contributed by atoms with Gasteiger partial charge in [0.15, 0.2) is 24.1 Å². The SMILES string of the molecule is CN=C(NCc1ccc(OCC(F)(F)F)c(OC)c1)NCC1(C)CCCS1.I. The van der Waals surface area contributed by atoms with Gasteiger partial charge in [0.05, 0.1) is 7.11 Å². The van der Waals surface area contributed by atoms with Crippen LogP contribution in [0, 0.1) is 0 Å². The molecule has 2 rings (SSSR count). The van der Waals surface area contributed by atoms with Crippen molar-refractivity contribution in [3.63, 3.8) is 0 Å². The van der Waals surface area contributed by atoms with Gasteiger partial charge < -0.3 is 20.1 Å². The highest BCUT2D eigenvalue weighted by Gasteiger charge is 2.30. The third-order valence-corrected chi connectivity index (χ3v) is 5.77. The number of rotatable bonds is 7. The predicted octanol–water partition coefficient (Wildman–Crippen LogP) is 4.21. The van der Waals surface area contributed by atoms with Gasteiger partial charge in [0.2, 0.25) is 0 Å². The van der Waals surface area contributed by atoms with Crippen molar-refractivity contribution in [3.05, 3.63) is 23.8 Å². The molecule has 0 aliphatic carbocycles. The van der Waals surface area contributed by atoms with Gasteiger partial charge in [0.1, 0.15) is 0 Å². The molecule has 0 bridgehead atoms. The smallest absolute Gasteiger partial charge is 0.422 e. The van der Waals surface area contributed by atoms with Crippen LogP contribution in [0.1, 0.15) is 25.3 Å². The number of ether oxygens (including phenoxy) is 2. The van der Waals surface area contributed by atoms with Crippen LogP contribution >= 0.6 is 35.7 Å². The van der Waals surface area contributed by atoms with E-state index in [9.17, 15) is 13.2 Å². The molecular weight excluding hydrogens is 506 g/mol. The molecule has 1 aromatic carbocycles. The van der Waals surface area contributed by atoms with Crippen LogP contribution in [0.3, 0.4) is 0 Å². The van der Waals surface area contributed by atoms with Crippen LogP contribution in [0.4, 0.5) is 13.2 Å². The molecule has 0 saturated carbocycles. The maximum absolute atomic E-state index is 12.3. The zero-order valence-corrected chi connectivity index (χ0v) is 19.3. The lowest BCUT2D eigenvalue weighted by Gasteiger charge is -2.24. The quantitative estimate of drug-likeness (QED) is 0.313. The number of benzene rings is 1. The lowest BCUT2D eigenvalue weighted by atomic mass is 10.1. The fraction of sp³-hybridized carbons (Fsp3) is 0.611. The Bertz CT molecular complexity index is 653. The minimum absolute atomic E-state index is 0. The zero-order valence-electron chi connectivity index (χ0n) is 16.2. The molecule has 1 saturated heterocycles. The second-order valence-electron chi connectivity index (χ2n) is 6.57. The van der Waals surface area contributed by atoms with Crippen LogP contribution in [0.25, 0.3) is 0 Å². The summed E-state index contributed by atoms with van der Waals surface area (Å²) in [4.78, 5) is 4.22. The molecule has 1 fully saturated rings. The molecule has 0 aromatic heterocycles. The van der Waals surface area contributed by atoms with Gasteiger partial charge in [-0.1, -0.05) is 6.07 Å². The average Bonchev–Trinajstić information content (AvgIpc) is 3.06. The first-order chi connectivity index (χ1) is 12.7. The highest BCUT2D eigenvalue weighted by molar-refractivity contribution is 14.0. The van der Waals surface area contributed by atoms with E-state index in [4.69, 9.17) is 9.47 Å². The van der Waals surface area contributed by atoms with Crippen molar-refractivity contribution in [2.75, 3.05) is 33.1 Å². The first-order valence-corrected chi connectivity index (χ1v) is 9.68. The lowest BCUT2D eigenvalue weighted by Crippen LogP contribution is -2.43. The van der Waals surface area contributed by atoms with Gasteiger partial charge in [-0.3, -0.25) is 4.99 Å². The Morgan fingerprint density at radius 3 is 2.61 bits per heavy atom. The summed E-state index contributed by atoms with van der Waals surface area (Å²) in [6, 6.07) is 4.83. The van der Waals surface area contributed by atoms with E-state index in [0.717, 1.165) is 12.1 Å². The summed E-state index contributed by atoms with van der Waals surface area (Å²) < 4.78 is 47.1. The minimum atomic E-state index is -4.39. The zero-order chi connectivity index (χ0) is 19.9. The van der Waals surface area contributed by atoms with E-state index in [1.165, 1.54) is 31.8 Å². The van der Waals surface area contributed by atoms with E-state index in [1.54, 1.807) is 19.2 Å². The third-order valence-electron chi connectivity index (χ3n) is 4.23. The van der Waals surface area contributed by atoms with Crippen LogP contribution < -0.4 is 20.1 Å². The van der Waals surface area contributed by atoms with Gasteiger partial charge in [0.25, 0.3) is 0 Å². The van der Waals surface area contributed by atoms with Crippen molar-refractivity contribution in [2.24, 2.45) is 4.99 Å². The van der Waals surface area contributed by atoms with Crippen molar-refractivity contribution in [1.82, 2.24) is 10.6 Å². The second-order valence-corrected chi connectivity index (χ2v) is 8.25. The molecule has 0 radical (unpaired) electrons. The Kier molecular flexibility index (Phi) is 10.0. The molecule has 1 aliphatic rings. The molecular formula is C18H27F3IN3O2S. The molecule has 10 heteroatoms. The molecule has 1 atom stereocenters. The summed E-state index contributed by atoms with van der Waals surface area (Å²) in [7, 11) is 3.10. The first kappa shape index (κ1) is 25.0. The average molecular weight is 533 g/mol. The van der Waals surface area contributed by atoms with E-state index in [2.05, 4.69) is 22.5 Å². The molecule has 1 aromatic rings. The summed E-state index contributed by atoms with van der Waals surface area (Å²) >= 11 is 1.97. The monoisotopic (exact) mass is 533 g/mol. The van der Waals surface area contributed by atoms with Crippen molar-refractivity contribution in [3.8, 4) is 11.5 Å². The van der Waals surface area contributed by atoms with Gasteiger partial charge in [-0.2, -0.15) is 24.9 Å². The Labute approximate surface area is 185 Å². The largest absolute Gasteiger partial charge is 0.493 e. The molecule has 1 heterocycles. The van der Waals surface area contributed by atoms with Crippen LogP contribution in [0.2, 0.25) is 0 Å². The lowest BCUT2D eigenvalue weighted by molar-refractivity contribution is -0.153. The Hall–Kier alpha value is -1.04. The summed E-state index contributed by atoms with van der Waals surface area (Å²) in [5.74, 6) is 2.19. The number of nitrogens with zero attached hydrogens (tertiary/aromatic N) is 1. The molecule has 5 nitrogen and oxygen atoms in total. The van der Waals surface area contributed by atoms with Crippen LogP contribution in [0.15, 0.2) is 23.2 Å². The normalized spacial score (nSPS) is 19.7. The number of hydrogen-bond donors (Lipinski definition) is 2.